The van der Waals surface area contributed by atoms with Gasteiger partial charge in [-0.05, 0) is 26.0 Å². The highest BCUT2D eigenvalue weighted by Crippen LogP contribution is 2.09. The van der Waals surface area contributed by atoms with Crippen LogP contribution in [0, 0.1) is 13.8 Å². The summed E-state index contributed by atoms with van der Waals surface area (Å²) in [6, 6.07) is 2.78. The molecule has 0 aromatic carbocycles. The quantitative estimate of drug-likeness (QED) is 0.860. The van der Waals surface area contributed by atoms with E-state index in [4.69, 9.17) is 5.11 Å². The summed E-state index contributed by atoms with van der Waals surface area (Å²) in [6.07, 6.45) is 0. The summed E-state index contributed by atoms with van der Waals surface area (Å²) >= 11 is 0. The van der Waals surface area contributed by atoms with Crippen LogP contribution in [0.5, 0.6) is 0 Å². The SMILES string of the molecule is Cc1nc(CN(C)C(=O)c2ccc(C(=O)O)c(C)n2)n[nH]1. The predicted octanol–water partition coefficient (Wildman–Crippen LogP) is 0.787. The molecule has 0 aliphatic heterocycles. The first-order valence-corrected chi connectivity index (χ1v) is 6.22. The third-order valence-electron chi connectivity index (χ3n) is 2.90. The van der Waals surface area contributed by atoms with E-state index in [0.29, 0.717) is 17.3 Å². The second-order valence-electron chi connectivity index (χ2n) is 4.63. The van der Waals surface area contributed by atoms with Gasteiger partial charge in [0.2, 0.25) is 0 Å². The number of nitrogens with zero attached hydrogens (tertiary/aromatic N) is 4. The number of aromatic nitrogens is 4. The van der Waals surface area contributed by atoms with E-state index in [0.717, 1.165) is 0 Å². The van der Waals surface area contributed by atoms with E-state index >= 15 is 0 Å². The second kappa shape index (κ2) is 5.70. The molecule has 21 heavy (non-hydrogen) atoms. The van der Waals surface area contributed by atoms with E-state index in [1.54, 1.807) is 20.9 Å². The van der Waals surface area contributed by atoms with Crippen molar-refractivity contribution in [2.24, 2.45) is 0 Å². The molecule has 2 aromatic rings. The zero-order valence-corrected chi connectivity index (χ0v) is 11.9. The number of rotatable bonds is 4. The lowest BCUT2D eigenvalue weighted by Crippen LogP contribution is -2.28. The molecule has 2 N–H and O–H groups in total. The number of carboxylic acid groups (broad SMARTS) is 1. The van der Waals surface area contributed by atoms with E-state index in [1.807, 2.05) is 0 Å². The van der Waals surface area contributed by atoms with Crippen molar-refractivity contribution in [2.75, 3.05) is 7.05 Å². The predicted molar refractivity (Wildman–Crippen MR) is 72.9 cm³/mol. The highest BCUT2D eigenvalue weighted by Gasteiger charge is 2.17. The molecule has 1 amide bonds. The second-order valence-corrected chi connectivity index (χ2v) is 4.63. The number of H-pyrrole nitrogens is 1. The topological polar surface area (TPSA) is 112 Å². The fraction of sp³-hybridized carbons (Fsp3) is 0.308. The Labute approximate surface area is 120 Å². The van der Waals surface area contributed by atoms with Crippen molar-refractivity contribution in [1.82, 2.24) is 25.1 Å². The molecule has 0 atom stereocenters. The van der Waals surface area contributed by atoms with Gasteiger partial charge in [-0.1, -0.05) is 0 Å². The number of carboxylic acids is 1. The van der Waals surface area contributed by atoms with Crippen LogP contribution in [0.4, 0.5) is 0 Å². The molecule has 2 aromatic heterocycles. The van der Waals surface area contributed by atoms with Gasteiger partial charge in [0.05, 0.1) is 17.8 Å². The summed E-state index contributed by atoms with van der Waals surface area (Å²) in [7, 11) is 1.61. The van der Waals surface area contributed by atoms with Crippen LogP contribution >= 0.6 is 0 Å². The Morgan fingerprint density at radius 2 is 2.00 bits per heavy atom. The van der Waals surface area contributed by atoms with Crippen molar-refractivity contribution in [3.63, 3.8) is 0 Å². The molecule has 0 spiro atoms. The smallest absolute Gasteiger partial charge is 0.337 e. The third-order valence-corrected chi connectivity index (χ3v) is 2.90. The molecule has 8 heteroatoms. The monoisotopic (exact) mass is 289 g/mol. The van der Waals surface area contributed by atoms with Crippen LogP contribution in [0.25, 0.3) is 0 Å². The normalized spacial score (nSPS) is 10.4. The van der Waals surface area contributed by atoms with Crippen molar-refractivity contribution in [2.45, 2.75) is 20.4 Å². The number of aromatic amines is 1. The van der Waals surface area contributed by atoms with Crippen LogP contribution in [0.3, 0.4) is 0 Å². The molecule has 0 aliphatic rings. The standard InChI is InChI=1S/C13H15N5O3/c1-7-9(13(20)21)4-5-10(14-7)12(19)18(3)6-11-15-8(2)16-17-11/h4-5H,6H2,1-3H3,(H,20,21)(H,15,16,17). The maximum Gasteiger partial charge on any atom is 0.337 e. The lowest BCUT2D eigenvalue weighted by molar-refractivity contribution is 0.0692. The van der Waals surface area contributed by atoms with E-state index < -0.39 is 5.97 Å². The summed E-state index contributed by atoms with van der Waals surface area (Å²) in [5, 5.41) is 15.6. The molecule has 110 valence electrons. The van der Waals surface area contributed by atoms with Crippen LogP contribution in [0.2, 0.25) is 0 Å². The van der Waals surface area contributed by atoms with Crippen LogP contribution in [0.1, 0.15) is 38.2 Å². The van der Waals surface area contributed by atoms with Crippen molar-refractivity contribution in [1.29, 1.82) is 0 Å². The van der Waals surface area contributed by atoms with Gasteiger partial charge < -0.3 is 10.0 Å². The Morgan fingerprint density at radius 3 is 2.52 bits per heavy atom. The van der Waals surface area contributed by atoms with Gasteiger partial charge in [0.15, 0.2) is 5.82 Å². The zero-order valence-electron chi connectivity index (χ0n) is 11.9. The highest BCUT2D eigenvalue weighted by atomic mass is 16.4. The van der Waals surface area contributed by atoms with Gasteiger partial charge in [-0.15, -0.1) is 0 Å². The van der Waals surface area contributed by atoms with Gasteiger partial charge in [0.1, 0.15) is 11.5 Å². The number of aryl methyl sites for hydroxylation is 2. The number of pyridine rings is 1. The summed E-state index contributed by atoms with van der Waals surface area (Å²) < 4.78 is 0. The minimum Gasteiger partial charge on any atom is -0.478 e. The van der Waals surface area contributed by atoms with Gasteiger partial charge in [-0.2, -0.15) is 5.10 Å². The number of carbonyl (C=O) groups is 2. The summed E-state index contributed by atoms with van der Waals surface area (Å²) in [5.74, 6) is -0.214. The van der Waals surface area contributed by atoms with Crippen molar-refractivity contribution < 1.29 is 14.7 Å². The van der Waals surface area contributed by atoms with Crippen LogP contribution in [0.15, 0.2) is 12.1 Å². The maximum atomic E-state index is 12.2. The molecule has 0 fully saturated rings. The van der Waals surface area contributed by atoms with Crippen molar-refractivity contribution in [3.8, 4) is 0 Å². The molecule has 0 saturated heterocycles. The Kier molecular flexibility index (Phi) is 3.97. The number of carbonyl (C=O) groups excluding carboxylic acids is 1. The van der Waals surface area contributed by atoms with Gasteiger partial charge in [0, 0.05) is 7.05 Å². The van der Waals surface area contributed by atoms with Gasteiger partial charge in [0.25, 0.3) is 5.91 Å². The Balaban J connectivity index is 2.15. The maximum absolute atomic E-state index is 12.2. The highest BCUT2D eigenvalue weighted by molar-refractivity contribution is 5.94. The van der Waals surface area contributed by atoms with Crippen LogP contribution in [-0.2, 0) is 6.54 Å². The molecule has 2 rings (SSSR count). The number of amides is 1. The molecule has 0 aliphatic carbocycles. The molecule has 0 saturated carbocycles. The van der Waals surface area contributed by atoms with E-state index in [1.165, 1.54) is 17.0 Å². The summed E-state index contributed by atoms with van der Waals surface area (Å²) in [5.41, 5.74) is 0.571. The van der Waals surface area contributed by atoms with Crippen molar-refractivity contribution in [3.05, 3.63) is 40.7 Å². The molecule has 8 nitrogen and oxygen atoms in total. The molecule has 0 unspecified atom stereocenters. The molecule has 2 heterocycles. The number of aromatic carboxylic acids is 1. The minimum absolute atomic E-state index is 0.0822. The fourth-order valence-electron chi connectivity index (χ4n) is 1.85. The molecule has 0 bridgehead atoms. The fourth-order valence-corrected chi connectivity index (χ4v) is 1.85. The van der Waals surface area contributed by atoms with Crippen LogP contribution < -0.4 is 0 Å². The molecular weight excluding hydrogens is 274 g/mol. The number of nitrogens with one attached hydrogen (secondary N) is 1. The first kappa shape index (κ1) is 14.6. The zero-order chi connectivity index (χ0) is 15.6. The third kappa shape index (κ3) is 3.22. The average Bonchev–Trinajstić information content (AvgIpc) is 2.82. The summed E-state index contributed by atoms with van der Waals surface area (Å²) in [6.45, 7) is 3.57. The minimum atomic E-state index is -1.07. The van der Waals surface area contributed by atoms with E-state index in [9.17, 15) is 9.59 Å². The lowest BCUT2D eigenvalue weighted by Gasteiger charge is -2.15. The van der Waals surface area contributed by atoms with E-state index in [2.05, 4.69) is 20.2 Å². The van der Waals surface area contributed by atoms with Gasteiger partial charge >= 0.3 is 5.97 Å². The molecular formula is C13H15N5O3. The number of hydrogen-bond donors (Lipinski definition) is 2. The number of hydrogen-bond acceptors (Lipinski definition) is 5. The molecule has 0 radical (unpaired) electrons. The first-order chi connectivity index (χ1) is 9.88. The van der Waals surface area contributed by atoms with E-state index in [-0.39, 0.29) is 23.7 Å². The summed E-state index contributed by atoms with van der Waals surface area (Å²) in [4.78, 5) is 32.8. The van der Waals surface area contributed by atoms with Crippen LogP contribution in [-0.4, -0.2) is 49.1 Å². The Hall–Kier alpha value is -2.77. The van der Waals surface area contributed by atoms with Gasteiger partial charge in [-0.3, -0.25) is 9.89 Å². The largest absolute Gasteiger partial charge is 0.478 e. The Morgan fingerprint density at radius 1 is 1.29 bits per heavy atom. The Bertz CT molecular complexity index is 695. The van der Waals surface area contributed by atoms with Crippen molar-refractivity contribution >= 4 is 11.9 Å². The van der Waals surface area contributed by atoms with Gasteiger partial charge in [-0.25, -0.2) is 14.8 Å². The lowest BCUT2D eigenvalue weighted by atomic mass is 10.2. The first-order valence-electron chi connectivity index (χ1n) is 6.22. The average molecular weight is 289 g/mol.